The van der Waals surface area contributed by atoms with Crippen LogP contribution in [0.1, 0.15) is 18.9 Å². The highest BCUT2D eigenvalue weighted by atomic mass is 19.4. The molecule has 0 saturated carbocycles. The maximum absolute atomic E-state index is 12.7. The Morgan fingerprint density at radius 1 is 1.20 bits per heavy atom. The molecule has 3 aliphatic heterocycles. The summed E-state index contributed by atoms with van der Waals surface area (Å²) in [5.74, 6) is 0.311. The van der Waals surface area contributed by atoms with Gasteiger partial charge >= 0.3 is 12.2 Å². The lowest BCUT2D eigenvalue weighted by atomic mass is 9.94. The van der Waals surface area contributed by atoms with Gasteiger partial charge < -0.3 is 24.6 Å². The van der Waals surface area contributed by atoms with E-state index < -0.39 is 11.7 Å². The molecule has 3 heterocycles. The number of benzene rings is 1. The highest BCUT2D eigenvalue weighted by molar-refractivity contribution is 5.79. The first-order valence-electron chi connectivity index (χ1n) is 9.99. The van der Waals surface area contributed by atoms with Crippen LogP contribution in [0.2, 0.25) is 0 Å². The highest BCUT2D eigenvalue weighted by Gasteiger charge is 2.41. The number of carbonyl (C=O) groups excluding carboxylic acids is 2. The van der Waals surface area contributed by atoms with Gasteiger partial charge in [-0.15, -0.1) is 0 Å². The van der Waals surface area contributed by atoms with Crippen molar-refractivity contribution in [3.05, 3.63) is 29.8 Å². The Morgan fingerprint density at radius 3 is 2.57 bits per heavy atom. The Morgan fingerprint density at radius 2 is 1.90 bits per heavy atom. The summed E-state index contributed by atoms with van der Waals surface area (Å²) in [6.45, 7) is 3.97. The summed E-state index contributed by atoms with van der Waals surface area (Å²) in [5, 5.41) is 2.88. The van der Waals surface area contributed by atoms with Gasteiger partial charge in [-0.05, 0) is 37.6 Å². The second-order valence-electron chi connectivity index (χ2n) is 8.05. The molecule has 164 valence electrons. The van der Waals surface area contributed by atoms with Gasteiger partial charge in [0.05, 0.1) is 17.7 Å². The van der Waals surface area contributed by atoms with E-state index in [1.165, 1.54) is 12.1 Å². The molecule has 3 saturated heterocycles. The lowest BCUT2D eigenvalue weighted by Gasteiger charge is -2.47. The number of amides is 3. The molecule has 10 heteroatoms. The number of ether oxygens (including phenoxy) is 2. The smallest absolute Gasteiger partial charge is 0.416 e. The molecule has 0 bridgehead atoms. The monoisotopic (exact) mass is 427 g/mol. The van der Waals surface area contributed by atoms with Crippen LogP contribution in [0.25, 0.3) is 0 Å². The standard InChI is InChI=1S/C20H24F3N3O4/c1-12(30-15-4-2-14(3-5-15)20(21,22)23)13-8-26(9-13)19(28)25-7-6-17-16(10-25)24-18(27)11-29-17/h2-5,12-13,16-17H,6-11H2,1H3,(H,24,27)/t12-,16?,17?/m0/s1. The fourth-order valence-corrected chi connectivity index (χ4v) is 4.07. The number of carbonyl (C=O) groups is 2. The molecule has 1 aromatic carbocycles. The number of fused-ring (bicyclic) bond motifs is 1. The molecule has 0 spiro atoms. The van der Waals surface area contributed by atoms with Gasteiger partial charge in [-0.1, -0.05) is 0 Å². The van der Waals surface area contributed by atoms with E-state index in [1.54, 1.807) is 9.80 Å². The summed E-state index contributed by atoms with van der Waals surface area (Å²) in [6.07, 6.45) is -3.97. The van der Waals surface area contributed by atoms with Gasteiger partial charge in [0, 0.05) is 32.1 Å². The number of rotatable bonds is 3. The molecular formula is C20H24F3N3O4. The van der Waals surface area contributed by atoms with Gasteiger partial charge in [0.1, 0.15) is 18.5 Å². The first-order chi connectivity index (χ1) is 14.2. The van der Waals surface area contributed by atoms with Gasteiger partial charge in [-0.2, -0.15) is 13.2 Å². The first-order valence-corrected chi connectivity index (χ1v) is 9.99. The maximum atomic E-state index is 12.7. The molecule has 30 heavy (non-hydrogen) atoms. The summed E-state index contributed by atoms with van der Waals surface area (Å²) >= 11 is 0. The van der Waals surface area contributed by atoms with E-state index in [0.717, 1.165) is 12.1 Å². The van der Waals surface area contributed by atoms with Crippen molar-refractivity contribution < 1.29 is 32.2 Å². The van der Waals surface area contributed by atoms with E-state index in [4.69, 9.17) is 9.47 Å². The largest absolute Gasteiger partial charge is 0.490 e. The molecule has 3 aliphatic rings. The number of hydrogen-bond acceptors (Lipinski definition) is 4. The third-order valence-corrected chi connectivity index (χ3v) is 5.94. The molecule has 3 fully saturated rings. The predicted molar refractivity (Wildman–Crippen MR) is 99.9 cm³/mol. The van der Waals surface area contributed by atoms with E-state index >= 15 is 0 Å². The molecule has 7 nitrogen and oxygen atoms in total. The number of halogens is 3. The lowest BCUT2D eigenvalue weighted by Crippen LogP contribution is -2.64. The van der Waals surface area contributed by atoms with Crippen molar-refractivity contribution in [2.45, 2.75) is 37.8 Å². The van der Waals surface area contributed by atoms with Crippen LogP contribution in [-0.2, 0) is 15.7 Å². The summed E-state index contributed by atoms with van der Waals surface area (Å²) in [6, 6.07) is 4.36. The van der Waals surface area contributed by atoms with E-state index in [0.29, 0.717) is 38.3 Å². The lowest BCUT2D eigenvalue weighted by molar-refractivity contribution is -0.140. The quantitative estimate of drug-likeness (QED) is 0.802. The zero-order valence-corrected chi connectivity index (χ0v) is 16.5. The minimum atomic E-state index is -4.37. The van der Waals surface area contributed by atoms with Gasteiger partial charge in [0.2, 0.25) is 5.91 Å². The molecule has 0 aromatic heterocycles. The van der Waals surface area contributed by atoms with Gasteiger partial charge in [0.15, 0.2) is 0 Å². The average Bonchev–Trinajstić information content (AvgIpc) is 2.65. The Labute approximate surface area is 172 Å². The Bertz CT molecular complexity index is 795. The molecule has 0 aliphatic carbocycles. The Hall–Kier alpha value is -2.49. The molecule has 1 aromatic rings. The summed E-state index contributed by atoms with van der Waals surface area (Å²) < 4.78 is 49.2. The number of morpholine rings is 1. The molecule has 3 amide bonds. The molecule has 4 rings (SSSR count). The summed E-state index contributed by atoms with van der Waals surface area (Å²) in [5.41, 5.74) is -0.716. The first kappa shape index (κ1) is 20.8. The zero-order valence-electron chi connectivity index (χ0n) is 16.5. The minimum Gasteiger partial charge on any atom is -0.490 e. The molecular weight excluding hydrogens is 403 g/mol. The van der Waals surface area contributed by atoms with Crippen molar-refractivity contribution in [3.8, 4) is 5.75 Å². The van der Waals surface area contributed by atoms with Gasteiger partial charge in [0.25, 0.3) is 0 Å². The Balaban J connectivity index is 1.25. The van der Waals surface area contributed by atoms with Crippen molar-refractivity contribution in [2.24, 2.45) is 5.92 Å². The molecule has 0 radical (unpaired) electrons. The van der Waals surface area contributed by atoms with Gasteiger partial charge in [-0.3, -0.25) is 4.79 Å². The predicted octanol–water partition coefficient (Wildman–Crippen LogP) is 2.11. The number of likely N-dealkylation sites (tertiary alicyclic amines) is 2. The van der Waals surface area contributed by atoms with Crippen LogP contribution < -0.4 is 10.1 Å². The second kappa shape index (κ2) is 7.98. The van der Waals surface area contributed by atoms with Crippen molar-refractivity contribution in [1.82, 2.24) is 15.1 Å². The number of piperidine rings is 1. The SMILES string of the molecule is C[C@H](Oc1ccc(C(F)(F)F)cc1)C1CN(C(=O)N2CCC3OCC(=O)NC3C2)C1. The second-order valence-corrected chi connectivity index (χ2v) is 8.05. The van der Waals surface area contributed by atoms with Crippen LogP contribution in [0.4, 0.5) is 18.0 Å². The van der Waals surface area contributed by atoms with Gasteiger partial charge in [-0.25, -0.2) is 4.79 Å². The van der Waals surface area contributed by atoms with Crippen LogP contribution in [0.3, 0.4) is 0 Å². The Kier molecular flexibility index (Phi) is 5.52. The topological polar surface area (TPSA) is 71.1 Å². The van der Waals surface area contributed by atoms with Crippen molar-refractivity contribution in [3.63, 3.8) is 0 Å². The number of alkyl halides is 3. The summed E-state index contributed by atoms with van der Waals surface area (Å²) in [4.78, 5) is 27.7. The number of nitrogens with zero attached hydrogens (tertiary/aromatic N) is 2. The number of nitrogens with one attached hydrogen (secondary N) is 1. The minimum absolute atomic E-state index is 0.0481. The van der Waals surface area contributed by atoms with Crippen LogP contribution in [-0.4, -0.2) is 72.8 Å². The van der Waals surface area contributed by atoms with E-state index in [2.05, 4.69) is 5.32 Å². The molecule has 1 N–H and O–H groups in total. The van der Waals surface area contributed by atoms with Crippen LogP contribution >= 0.6 is 0 Å². The van der Waals surface area contributed by atoms with Crippen molar-refractivity contribution >= 4 is 11.9 Å². The third-order valence-electron chi connectivity index (χ3n) is 5.94. The number of hydrogen-bond donors (Lipinski definition) is 1. The van der Waals surface area contributed by atoms with Crippen LogP contribution in [0.15, 0.2) is 24.3 Å². The maximum Gasteiger partial charge on any atom is 0.416 e. The highest BCUT2D eigenvalue weighted by Crippen LogP contribution is 2.31. The van der Waals surface area contributed by atoms with Crippen molar-refractivity contribution in [1.29, 1.82) is 0 Å². The molecule has 3 atom stereocenters. The fourth-order valence-electron chi connectivity index (χ4n) is 4.07. The van der Waals surface area contributed by atoms with Crippen molar-refractivity contribution in [2.75, 3.05) is 32.8 Å². The number of urea groups is 1. The van der Waals surface area contributed by atoms with Crippen LogP contribution in [0, 0.1) is 5.92 Å². The zero-order chi connectivity index (χ0) is 21.5. The normalized spacial score (nSPS) is 25.8. The average molecular weight is 427 g/mol. The summed E-state index contributed by atoms with van der Waals surface area (Å²) in [7, 11) is 0. The van der Waals surface area contributed by atoms with E-state index in [-0.39, 0.29) is 42.7 Å². The van der Waals surface area contributed by atoms with E-state index in [1.807, 2.05) is 6.92 Å². The fraction of sp³-hybridized carbons (Fsp3) is 0.600. The van der Waals surface area contributed by atoms with Crippen LogP contribution in [0.5, 0.6) is 5.75 Å². The van der Waals surface area contributed by atoms with E-state index in [9.17, 15) is 22.8 Å². The molecule has 2 unspecified atom stereocenters. The third kappa shape index (κ3) is 4.33.